The Morgan fingerprint density at radius 2 is 1.56 bits per heavy atom. The Kier molecular flexibility index (Phi) is 6.29. The zero-order valence-electron chi connectivity index (χ0n) is 18.5. The molecule has 8 heteroatoms. The summed E-state index contributed by atoms with van der Waals surface area (Å²) in [5, 5.41) is 10.3. The number of nitrogens with zero attached hydrogens (tertiary/aromatic N) is 5. The van der Waals surface area contributed by atoms with Gasteiger partial charge < -0.3 is 10.2 Å². The van der Waals surface area contributed by atoms with E-state index in [1.807, 2.05) is 0 Å². The van der Waals surface area contributed by atoms with Crippen molar-refractivity contribution in [1.29, 1.82) is 0 Å². The van der Waals surface area contributed by atoms with Gasteiger partial charge in [-0.2, -0.15) is 10.1 Å². The van der Waals surface area contributed by atoms with Crippen molar-refractivity contribution < 1.29 is 0 Å². The van der Waals surface area contributed by atoms with Crippen molar-refractivity contribution in [3.8, 4) is 0 Å². The molecular formula is C24H31N7O. The van der Waals surface area contributed by atoms with E-state index >= 15 is 0 Å². The van der Waals surface area contributed by atoms with Gasteiger partial charge >= 0.3 is 0 Å². The maximum absolute atomic E-state index is 12.6. The minimum atomic E-state index is -0.283. The van der Waals surface area contributed by atoms with Crippen molar-refractivity contribution in [2.45, 2.75) is 51.5 Å². The van der Waals surface area contributed by atoms with E-state index in [-0.39, 0.29) is 5.56 Å². The Morgan fingerprint density at radius 3 is 2.31 bits per heavy atom. The number of likely N-dealkylation sites (tertiary alicyclic amines) is 1. The van der Waals surface area contributed by atoms with Crippen LogP contribution in [0.25, 0.3) is 10.9 Å². The normalized spacial score (nSPS) is 17.9. The summed E-state index contributed by atoms with van der Waals surface area (Å²) in [6.45, 7) is 5.23. The number of aromatic nitrogens is 4. The van der Waals surface area contributed by atoms with Crippen LogP contribution < -0.4 is 15.8 Å². The van der Waals surface area contributed by atoms with Gasteiger partial charge in [-0.15, -0.1) is 0 Å². The Labute approximate surface area is 188 Å². The SMILES string of the molecule is O=c1[nH]ncc2nc(N3CCCCCC3)nc(Nc3ccc(CN4CCCCC4)cc3)c12. The van der Waals surface area contributed by atoms with Crippen LogP contribution in [0.15, 0.2) is 35.3 Å². The van der Waals surface area contributed by atoms with Crippen LogP contribution in [0.2, 0.25) is 0 Å². The lowest BCUT2D eigenvalue weighted by Gasteiger charge is -2.26. The zero-order valence-corrected chi connectivity index (χ0v) is 18.5. The quantitative estimate of drug-likeness (QED) is 0.632. The Bertz CT molecular complexity index is 1100. The maximum atomic E-state index is 12.6. The molecule has 0 saturated carbocycles. The third-order valence-electron chi connectivity index (χ3n) is 6.47. The fourth-order valence-corrected chi connectivity index (χ4v) is 4.70. The first kappa shape index (κ1) is 20.9. The highest BCUT2D eigenvalue weighted by Gasteiger charge is 2.18. The molecule has 0 amide bonds. The van der Waals surface area contributed by atoms with E-state index in [1.54, 1.807) is 6.20 Å². The fourth-order valence-electron chi connectivity index (χ4n) is 4.70. The Hall–Kier alpha value is -3.00. The van der Waals surface area contributed by atoms with Gasteiger partial charge in [-0.3, -0.25) is 9.69 Å². The molecule has 0 radical (unpaired) electrons. The fraction of sp³-hybridized carbons (Fsp3) is 0.500. The predicted octanol–water partition coefficient (Wildman–Crippen LogP) is 3.82. The standard InChI is InChI=1S/C24H31N7O/c32-23-21-20(16-25-29-23)27-24(31-14-6-1-2-7-15-31)28-22(21)26-19-10-8-18(9-11-19)17-30-12-4-3-5-13-30/h8-11,16H,1-7,12-15,17H2,(H,29,32)(H,26,27,28). The van der Waals surface area contributed by atoms with Gasteiger partial charge in [0.1, 0.15) is 16.7 Å². The summed E-state index contributed by atoms with van der Waals surface area (Å²) in [7, 11) is 0. The second-order valence-corrected chi connectivity index (χ2v) is 8.89. The van der Waals surface area contributed by atoms with E-state index < -0.39 is 0 Å². The number of hydrogen-bond acceptors (Lipinski definition) is 7. The molecule has 2 fully saturated rings. The molecule has 0 spiro atoms. The van der Waals surface area contributed by atoms with Crippen LogP contribution >= 0.6 is 0 Å². The summed E-state index contributed by atoms with van der Waals surface area (Å²) in [5.74, 6) is 1.19. The second-order valence-electron chi connectivity index (χ2n) is 8.89. The summed E-state index contributed by atoms with van der Waals surface area (Å²) in [4.78, 5) is 26.7. The molecule has 32 heavy (non-hydrogen) atoms. The highest BCUT2D eigenvalue weighted by atomic mass is 16.1. The summed E-state index contributed by atoms with van der Waals surface area (Å²) in [6, 6.07) is 8.44. The summed E-state index contributed by atoms with van der Waals surface area (Å²) < 4.78 is 0. The third-order valence-corrected chi connectivity index (χ3v) is 6.47. The van der Waals surface area contributed by atoms with Crippen molar-refractivity contribution in [3.05, 3.63) is 46.4 Å². The topological polar surface area (TPSA) is 90.0 Å². The van der Waals surface area contributed by atoms with Gasteiger partial charge in [-0.1, -0.05) is 31.4 Å². The van der Waals surface area contributed by atoms with Gasteiger partial charge in [-0.05, 0) is 56.5 Å². The number of piperidine rings is 1. The zero-order chi connectivity index (χ0) is 21.8. The first-order valence-corrected chi connectivity index (χ1v) is 11.8. The molecule has 0 bridgehead atoms. The molecule has 8 nitrogen and oxygen atoms in total. The molecule has 2 aliphatic heterocycles. The number of rotatable bonds is 5. The van der Waals surface area contributed by atoms with Crippen LogP contribution in [0.4, 0.5) is 17.5 Å². The van der Waals surface area contributed by atoms with Crippen molar-refractivity contribution in [2.75, 3.05) is 36.4 Å². The molecule has 2 N–H and O–H groups in total. The maximum Gasteiger partial charge on any atom is 0.277 e. The predicted molar refractivity (Wildman–Crippen MR) is 127 cm³/mol. The molecular weight excluding hydrogens is 402 g/mol. The Balaban J connectivity index is 1.41. The van der Waals surface area contributed by atoms with E-state index in [9.17, 15) is 4.79 Å². The van der Waals surface area contributed by atoms with Gasteiger partial charge in [0, 0.05) is 25.3 Å². The van der Waals surface area contributed by atoms with Crippen LogP contribution in [0.3, 0.4) is 0 Å². The molecule has 2 aliphatic rings. The average molecular weight is 434 g/mol. The highest BCUT2D eigenvalue weighted by molar-refractivity contribution is 5.90. The van der Waals surface area contributed by atoms with Crippen molar-refractivity contribution >= 4 is 28.4 Å². The molecule has 2 aromatic heterocycles. The second kappa shape index (κ2) is 9.65. The highest BCUT2D eigenvalue weighted by Crippen LogP contribution is 2.25. The van der Waals surface area contributed by atoms with Crippen LogP contribution in [-0.4, -0.2) is 51.2 Å². The molecule has 1 aromatic carbocycles. The number of anilines is 3. The van der Waals surface area contributed by atoms with Crippen LogP contribution in [0.1, 0.15) is 50.5 Å². The number of nitrogens with one attached hydrogen (secondary N) is 2. The average Bonchev–Trinajstić information content (AvgIpc) is 3.11. The van der Waals surface area contributed by atoms with Crippen LogP contribution in [0.5, 0.6) is 0 Å². The first-order valence-electron chi connectivity index (χ1n) is 11.8. The molecule has 0 aliphatic carbocycles. The van der Waals surface area contributed by atoms with E-state index in [4.69, 9.17) is 4.98 Å². The van der Waals surface area contributed by atoms with Crippen molar-refractivity contribution in [3.63, 3.8) is 0 Å². The summed E-state index contributed by atoms with van der Waals surface area (Å²) >= 11 is 0. The summed E-state index contributed by atoms with van der Waals surface area (Å²) in [5.41, 5.74) is 2.49. The number of hydrogen-bond donors (Lipinski definition) is 2. The van der Waals surface area contributed by atoms with Gasteiger partial charge in [0.15, 0.2) is 0 Å². The lowest BCUT2D eigenvalue weighted by atomic mass is 10.1. The lowest BCUT2D eigenvalue weighted by Crippen LogP contribution is -2.29. The minimum absolute atomic E-state index is 0.283. The number of H-pyrrole nitrogens is 1. The van der Waals surface area contributed by atoms with Crippen LogP contribution in [-0.2, 0) is 6.54 Å². The minimum Gasteiger partial charge on any atom is -0.341 e. The Morgan fingerprint density at radius 1 is 0.875 bits per heavy atom. The molecule has 2 saturated heterocycles. The van der Waals surface area contributed by atoms with E-state index in [1.165, 1.54) is 50.8 Å². The number of fused-ring (bicyclic) bond motifs is 1. The van der Waals surface area contributed by atoms with Crippen molar-refractivity contribution in [2.24, 2.45) is 0 Å². The van der Waals surface area contributed by atoms with E-state index in [0.29, 0.717) is 22.7 Å². The number of aromatic amines is 1. The lowest BCUT2D eigenvalue weighted by molar-refractivity contribution is 0.221. The van der Waals surface area contributed by atoms with E-state index in [0.717, 1.165) is 38.2 Å². The summed E-state index contributed by atoms with van der Waals surface area (Å²) in [6.07, 6.45) is 10.3. The molecule has 4 heterocycles. The molecule has 5 rings (SSSR count). The first-order chi connectivity index (χ1) is 15.8. The largest absolute Gasteiger partial charge is 0.341 e. The van der Waals surface area contributed by atoms with Gasteiger partial charge in [0.05, 0.1) is 6.20 Å². The molecule has 0 unspecified atom stereocenters. The molecule has 0 atom stereocenters. The molecule has 168 valence electrons. The molecule has 3 aromatic rings. The number of benzene rings is 1. The van der Waals surface area contributed by atoms with Crippen molar-refractivity contribution in [1.82, 2.24) is 25.1 Å². The monoisotopic (exact) mass is 433 g/mol. The van der Waals surface area contributed by atoms with E-state index in [2.05, 4.69) is 54.6 Å². The third kappa shape index (κ3) is 4.75. The van der Waals surface area contributed by atoms with Crippen LogP contribution in [0, 0.1) is 0 Å². The van der Waals surface area contributed by atoms with Gasteiger partial charge in [0.2, 0.25) is 5.95 Å². The smallest absolute Gasteiger partial charge is 0.277 e. The van der Waals surface area contributed by atoms with Gasteiger partial charge in [0.25, 0.3) is 5.56 Å². The van der Waals surface area contributed by atoms with Gasteiger partial charge in [-0.25, -0.2) is 10.1 Å².